The fourth-order valence-electron chi connectivity index (χ4n) is 6.47. The number of rotatable bonds is 10. The van der Waals surface area contributed by atoms with E-state index in [9.17, 15) is 9.90 Å². The van der Waals surface area contributed by atoms with Crippen LogP contribution in [0.25, 0.3) is 0 Å². The Kier molecular flexibility index (Phi) is 7.80. The minimum atomic E-state index is -0.456. The molecule has 6 nitrogen and oxygen atoms in total. The zero-order valence-electron chi connectivity index (χ0n) is 20.4. The van der Waals surface area contributed by atoms with Crippen LogP contribution in [-0.4, -0.2) is 36.4 Å². The molecule has 3 aliphatic rings. The van der Waals surface area contributed by atoms with Crippen molar-refractivity contribution in [1.29, 1.82) is 0 Å². The third kappa shape index (κ3) is 5.22. The molecule has 6 heteroatoms. The smallest absolute Gasteiger partial charge is 0.334 e. The van der Waals surface area contributed by atoms with E-state index in [0.717, 1.165) is 31.3 Å². The molecule has 5 unspecified atom stereocenters. The molecule has 5 N–H and O–H groups in total. The van der Waals surface area contributed by atoms with Gasteiger partial charge in [0, 0.05) is 16.7 Å². The van der Waals surface area contributed by atoms with E-state index >= 15 is 0 Å². The van der Waals surface area contributed by atoms with Crippen LogP contribution in [0.5, 0.6) is 0 Å². The highest BCUT2D eigenvalue weighted by molar-refractivity contribution is 5.90. The number of fused-ring (bicyclic) bond motifs is 1. The molecule has 2 aliphatic carbocycles. The highest BCUT2D eigenvalue weighted by Gasteiger charge is 2.58. The van der Waals surface area contributed by atoms with Crippen LogP contribution in [0.2, 0.25) is 0 Å². The van der Waals surface area contributed by atoms with Crippen molar-refractivity contribution in [2.24, 2.45) is 34.1 Å². The molecule has 6 atom stereocenters. The number of hydrogen-bond acceptors (Lipinski definition) is 6. The van der Waals surface area contributed by atoms with Crippen molar-refractivity contribution in [3.05, 3.63) is 48.4 Å². The second kappa shape index (κ2) is 10.1. The van der Waals surface area contributed by atoms with Gasteiger partial charge in [0.05, 0.1) is 18.8 Å². The molecule has 2 saturated carbocycles. The van der Waals surface area contributed by atoms with E-state index in [1.165, 1.54) is 5.57 Å². The number of carbonyl (C=O) groups excluding carboxylic acids is 1. The number of aliphatic hydroxyl groups is 1. The number of carbonyl (C=O) groups is 1. The number of esters is 1. The number of hydrogen-bond donors (Lipinski definition) is 3. The molecule has 2 fully saturated rings. The Balaban J connectivity index is 1.72. The molecule has 0 bridgehead atoms. The second-order valence-corrected chi connectivity index (χ2v) is 10.8. The second-order valence-electron chi connectivity index (χ2n) is 10.8. The van der Waals surface area contributed by atoms with Crippen LogP contribution in [0.15, 0.2) is 48.4 Å². The third-order valence-electron chi connectivity index (χ3n) is 8.62. The largest absolute Gasteiger partial charge is 0.496 e. The first kappa shape index (κ1) is 25.6. The number of allylic oxidation sites excluding steroid dienone is 2. The topological polar surface area (TPSA) is 108 Å². The van der Waals surface area contributed by atoms with Crippen molar-refractivity contribution >= 4 is 5.97 Å². The van der Waals surface area contributed by atoms with E-state index in [0.29, 0.717) is 56.3 Å². The lowest BCUT2D eigenvalue weighted by molar-refractivity contribution is -0.156. The highest BCUT2D eigenvalue weighted by Crippen LogP contribution is 2.62. The average molecular weight is 459 g/mol. The maximum Gasteiger partial charge on any atom is 0.334 e. The Morgan fingerprint density at radius 2 is 2.09 bits per heavy atom. The van der Waals surface area contributed by atoms with Gasteiger partial charge in [0.25, 0.3) is 0 Å². The summed E-state index contributed by atoms with van der Waals surface area (Å²) in [6.07, 6.45) is 7.82. The molecular weight excluding hydrogens is 416 g/mol. The molecule has 0 saturated heterocycles. The summed E-state index contributed by atoms with van der Waals surface area (Å²) in [6, 6.07) is -0.320. The van der Waals surface area contributed by atoms with Gasteiger partial charge in [0.1, 0.15) is 12.4 Å². The van der Waals surface area contributed by atoms with Crippen molar-refractivity contribution in [2.45, 2.75) is 77.4 Å². The van der Waals surface area contributed by atoms with Gasteiger partial charge in [-0.05, 0) is 74.7 Å². The van der Waals surface area contributed by atoms with Crippen LogP contribution in [0.1, 0.15) is 65.2 Å². The van der Waals surface area contributed by atoms with Crippen LogP contribution in [0.4, 0.5) is 0 Å². The predicted molar refractivity (Wildman–Crippen MR) is 131 cm³/mol. The van der Waals surface area contributed by atoms with Crippen molar-refractivity contribution < 1.29 is 19.4 Å². The minimum Gasteiger partial charge on any atom is -0.496 e. The van der Waals surface area contributed by atoms with Gasteiger partial charge >= 0.3 is 5.97 Å². The fraction of sp³-hybridized carbons (Fsp3) is 0.667. The van der Waals surface area contributed by atoms with Crippen LogP contribution in [0, 0.1) is 22.7 Å². The number of aliphatic hydroxyl groups excluding tert-OH is 1. The first-order valence-corrected chi connectivity index (χ1v) is 12.2. The molecule has 0 spiro atoms. The van der Waals surface area contributed by atoms with E-state index in [1.807, 2.05) is 6.08 Å². The Morgan fingerprint density at radius 3 is 2.73 bits per heavy atom. The molecule has 1 heterocycles. The molecule has 0 aromatic rings. The number of cyclic esters (lactones) is 1. The van der Waals surface area contributed by atoms with Gasteiger partial charge in [-0.1, -0.05) is 39.2 Å². The van der Waals surface area contributed by atoms with Crippen LogP contribution < -0.4 is 11.5 Å². The summed E-state index contributed by atoms with van der Waals surface area (Å²) in [5.41, 5.74) is 14.1. The van der Waals surface area contributed by atoms with Crippen molar-refractivity contribution in [3.63, 3.8) is 0 Å². The van der Waals surface area contributed by atoms with E-state index in [-0.39, 0.29) is 23.3 Å². The summed E-state index contributed by atoms with van der Waals surface area (Å²) < 4.78 is 11.2. The van der Waals surface area contributed by atoms with Gasteiger partial charge in [0.2, 0.25) is 0 Å². The quantitative estimate of drug-likeness (QED) is 0.258. The molecule has 0 aromatic carbocycles. The Morgan fingerprint density at radius 1 is 1.36 bits per heavy atom. The first-order chi connectivity index (χ1) is 15.5. The first-order valence-electron chi connectivity index (χ1n) is 12.2. The SMILES string of the molecule is C=C(N)CC[C@@H](N)C(=C)OCC1(C)C(O)CCC2(C)C(CCC3=CCOC3=O)C(=C)CCC12. The maximum atomic E-state index is 11.9. The maximum absolute atomic E-state index is 11.9. The van der Waals surface area contributed by atoms with Gasteiger partial charge in [0.15, 0.2) is 0 Å². The highest BCUT2D eigenvalue weighted by atomic mass is 16.5. The summed E-state index contributed by atoms with van der Waals surface area (Å²) in [4.78, 5) is 11.9. The predicted octanol–water partition coefficient (Wildman–Crippen LogP) is 4.11. The zero-order chi connectivity index (χ0) is 24.4. The van der Waals surface area contributed by atoms with E-state index in [1.54, 1.807) is 0 Å². The molecule has 33 heavy (non-hydrogen) atoms. The minimum absolute atomic E-state index is 0.0174. The summed E-state index contributed by atoms with van der Waals surface area (Å²) in [5.74, 6) is 0.892. The zero-order valence-corrected chi connectivity index (χ0v) is 20.4. The number of ether oxygens (including phenoxy) is 2. The standard InChI is InChI=1S/C27H42N2O4/c1-17-6-11-23-26(4,21(17)9-8-20-13-15-32-25(20)31)14-12-24(30)27(23,5)16-33-19(3)22(29)10-7-18(2)28/h13,21-24,30H,1-3,6-12,14-16,28-29H2,4-5H3/t21?,22-,23?,24?,26?,27?/m1/s1. The van der Waals surface area contributed by atoms with Crippen LogP contribution >= 0.6 is 0 Å². The summed E-state index contributed by atoms with van der Waals surface area (Å²) in [6.45, 7) is 17.4. The Labute approximate surface area is 198 Å². The van der Waals surface area contributed by atoms with Crippen molar-refractivity contribution in [2.75, 3.05) is 13.2 Å². The van der Waals surface area contributed by atoms with E-state index in [2.05, 4.69) is 33.6 Å². The van der Waals surface area contributed by atoms with Gasteiger partial charge in [-0.2, -0.15) is 0 Å². The van der Waals surface area contributed by atoms with E-state index < -0.39 is 11.5 Å². The normalized spacial score (nSPS) is 34.8. The van der Waals surface area contributed by atoms with E-state index in [4.69, 9.17) is 20.9 Å². The van der Waals surface area contributed by atoms with Gasteiger partial charge < -0.3 is 26.0 Å². The summed E-state index contributed by atoms with van der Waals surface area (Å²) >= 11 is 0. The lowest BCUT2D eigenvalue weighted by Gasteiger charge is -2.60. The van der Waals surface area contributed by atoms with Crippen molar-refractivity contribution in [3.8, 4) is 0 Å². The molecule has 0 amide bonds. The average Bonchev–Trinajstić information content (AvgIpc) is 3.17. The monoisotopic (exact) mass is 458 g/mol. The van der Waals surface area contributed by atoms with Crippen LogP contribution in [0.3, 0.4) is 0 Å². The number of nitrogens with two attached hydrogens (primary N) is 2. The van der Waals surface area contributed by atoms with Gasteiger partial charge in [-0.3, -0.25) is 0 Å². The molecule has 3 rings (SSSR count). The van der Waals surface area contributed by atoms with Crippen molar-refractivity contribution in [1.82, 2.24) is 0 Å². The molecule has 0 aromatic heterocycles. The van der Waals surface area contributed by atoms with Gasteiger partial charge in [-0.25, -0.2) is 4.79 Å². The lowest BCUT2D eigenvalue weighted by atomic mass is 9.46. The summed E-state index contributed by atoms with van der Waals surface area (Å²) in [7, 11) is 0. The van der Waals surface area contributed by atoms with Crippen LogP contribution in [-0.2, 0) is 14.3 Å². The summed E-state index contributed by atoms with van der Waals surface area (Å²) in [5, 5.41) is 11.1. The molecule has 1 aliphatic heterocycles. The molecular formula is C27H42N2O4. The molecule has 184 valence electrons. The Hall–Kier alpha value is -2.05. The van der Waals surface area contributed by atoms with Gasteiger partial charge in [-0.15, -0.1) is 0 Å². The third-order valence-corrected chi connectivity index (χ3v) is 8.62. The Bertz CT molecular complexity index is 834. The molecule has 0 radical (unpaired) electrons. The lowest BCUT2D eigenvalue weighted by Crippen LogP contribution is -2.57. The fourth-order valence-corrected chi connectivity index (χ4v) is 6.47.